The Balaban J connectivity index is 1.29. The molecule has 0 fully saturated rings. The molecule has 4 nitrogen and oxygen atoms in total. The van der Waals surface area contributed by atoms with E-state index in [1.807, 2.05) is 12.1 Å². The lowest BCUT2D eigenvalue weighted by Crippen LogP contribution is -2.61. The Morgan fingerprint density at radius 2 is 1.10 bits per heavy atom. The zero-order valence-corrected chi connectivity index (χ0v) is 37.3. The standard InChI is InChI=1S/C55H55BN2O2/c1-32-25-44-50-45(26-32)58(51-33(2)27-36(28-34(51)3)48-29-35-15-13-14-16-46(35)59-48)52-49(41-30-38(54(7,8)9)20-24-47(41)60-52)56(50)42-31-39(55(10,11)12)19-23-43(42)57(44)40-21-17-37(18-22-40)53(4,5)6/h13-31H,1-12H3. The topological polar surface area (TPSA) is 32.8 Å². The van der Waals surface area contributed by atoms with E-state index in [0.717, 1.165) is 61.9 Å². The first-order chi connectivity index (χ1) is 28.4. The molecule has 0 atom stereocenters. The second-order valence-corrected chi connectivity index (χ2v) is 20.5. The average Bonchev–Trinajstić information content (AvgIpc) is 3.79. The summed E-state index contributed by atoms with van der Waals surface area (Å²) < 4.78 is 13.7. The molecule has 0 spiro atoms. The number of hydrogen-bond donors (Lipinski definition) is 0. The van der Waals surface area contributed by atoms with Crippen molar-refractivity contribution in [2.75, 3.05) is 9.80 Å². The molecule has 300 valence electrons. The van der Waals surface area contributed by atoms with Crippen LogP contribution in [-0.4, -0.2) is 6.71 Å². The number of aryl methyl sites for hydroxylation is 3. The van der Waals surface area contributed by atoms with Crippen LogP contribution in [0.25, 0.3) is 33.3 Å². The van der Waals surface area contributed by atoms with Gasteiger partial charge in [-0.05, 0) is 148 Å². The number of para-hydroxylation sites is 1. The largest absolute Gasteiger partial charge is 0.456 e. The van der Waals surface area contributed by atoms with Crippen molar-refractivity contribution in [3.8, 4) is 11.3 Å². The van der Waals surface area contributed by atoms with E-state index in [1.165, 1.54) is 55.4 Å². The molecule has 10 rings (SSSR count). The van der Waals surface area contributed by atoms with Crippen LogP contribution in [0, 0.1) is 20.8 Å². The molecule has 60 heavy (non-hydrogen) atoms. The summed E-state index contributed by atoms with van der Waals surface area (Å²) >= 11 is 0. The fraction of sp³-hybridized carbons (Fsp3) is 0.273. The van der Waals surface area contributed by atoms with Gasteiger partial charge in [-0.25, -0.2) is 0 Å². The minimum Gasteiger partial charge on any atom is -0.456 e. The van der Waals surface area contributed by atoms with Gasteiger partial charge in [0, 0.05) is 44.5 Å². The fourth-order valence-electron chi connectivity index (χ4n) is 9.78. The molecule has 0 radical (unpaired) electrons. The third kappa shape index (κ3) is 5.95. The first-order valence-corrected chi connectivity index (χ1v) is 21.5. The van der Waals surface area contributed by atoms with Crippen molar-refractivity contribution in [3.05, 3.63) is 149 Å². The maximum Gasteiger partial charge on any atom is 0.257 e. The van der Waals surface area contributed by atoms with Crippen molar-refractivity contribution in [3.63, 3.8) is 0 Å². The van der Waals surface area contributed by atoms with Crippen molar-refractivity contribution in [1.29, 1.82) is 0 Å². The lowest BCUT2D eigenvalue weighted by molar-refractivity contribution is 0.589. The Morgan fingerprint density at radius 3 is 1.75 bits per heavy atom. The second kappa shape index (κ2) is 13.0. The predicted molar refractivity (Wildman–Crippen MR) is 256 cm³/mol. The Morgan fingerprint density at radius 1 is 0.500 bits per heavy atom. The summed E-state index contributed by atoms with van der Waals surface area (Å²) in [5, 5.41) is 2.28. The molecule has 2 aromatic heterocycles. The summed E-state index contributed by atoms with van der Waals surface area (Å²) in [5.74, 6) is 1.77. The van der Waals surface area contributed by atoms with Gasteiger partial charge >= 0.3 is 0 Å². The molecule has 0 unspecified atom stereocenters. The fourth-order valence-corrected chi connectivity index (χ4v) is 9.78. The highest BCUT2D eigenvalue weighted by molar-refractivity contribution is 7.01. The van der Waals surface area contributed by atoms with Crippen LogP contribution in [0.2, 0.25) is 0 Å². The van der Waals surface area contributed by atoms with Gasteiger partial charge in [0.2, 0.25) is 5.88 Å². The smallest absolute Gasteiger partial charge is 0.257 e. The van der Waals surface area contributed by atoms with Crippen LogP contribution < -0.4 is 26.2 Å². The minimum absolute atomic E-state index is 0.0353. The summed E-state index contributed by atoms with van der Waals surface area (Å²) in [5.41, 5.74) is 20.0. The molecule has 6 aromatic carbocycles. The molecule has 0 aliphatic carbocycles. The van der Waals surface area contributed by atoms with Gasteiger partial charge in [-0.1, -0.05) is 111 Å². The molecular formula is C55H55BN2O2. The Hall–Kier alpha value is -5.94. The summed E-state index contributed by atoms with van der Waals surface area (Å²) in [7, 11) is 0. The van der Waals surface area contributed by atoms with Crippen molar-refractivity contribution in [2.24, 2.45) is 0 Å². The van der Waals surface area contributed by atoms with Crippen LogP contribution in [-0.2, 0) is 16.2 Å². The number of fused-ring (bicyclic) bond motifs is 7. The number of furan rings is 2. The maximum absolute atomic E-state index is 7.25. The van der Waals surface area contributed by atoms with E-state index in [9.17, 15) is 0 Å². The highest BCUT2D eigenvalue weighted by Gasteiger charge is 2.47. The molecule has 8 aromatic rings. The molecule has 2 aliphatic rings. The molecule has 0 saturated carbocycles. The molecule has 4 heterocycles. The average molecular weight is 787 g/mol. The number of benzene rings is 6. The zero-order valence-electron chi connectivity index (χ0n) is 37.3. The van der Waals surface area contributed by atoms with Gasteiger partial charge in [-0.3, -0.25) is 4.90 Å². The van der Waals surface area contributed by atoms with E-state index in [2.05, 4.69) is 196 Å². The Labute approximate surface area is 355 Å². The van der Waals surface area contributed by atoms with Crippen LogP contribution in [0.5, 0.6) is 0 Å². The molecule has 5 heteroatoms. The van der Waals surface area contributed by atoms with Crippen molar-refractivity contribution >= 4 is 79.4 Å². The Bertz CT molecular complexity index is 2980. The highest BCUT2D eigenvalue weighted by Crippen LogP contribution is 2.49. The third-order valence-electron chi connectivity index (χ3n) is 13.0. The van der Waals surface area contributed by atoms with Gasteiger partial charge in [0.25, 0.3) is 6.71 Å². The first-order valence-electron chi connectivity index (χ1n) is 21.5. The quantitative estimate of drug-likeness (QED) is 0.167. The monoisotopic (exact) mass is 786 g/mol. The van der Waals surface area contributed by atoms with Crippen molar-refractivity contribution in [2.45, 2.75) is 99.3 Å². The summed E-state index contributed by atoms with van der Waals surface area (Å²) in [6, 6.07) is 43.1. The molecule has 0 amide bonds. The van der Waals surface area contributed by atoms with E-state index >= 15 is 0 Å². The molecule has 2 aliphatic heterocycles. The van der Waals surface area contributed by atoms with Crippen molar-refractivity contribution < 1.29 is 8.83 Å². The van der Waals surface area contributed by atoms with E-state index < -0.39 is 0 Å². The first kappa shape index (κ1) is 38.3. The zero-order chi connectivity index (χ0) is 42.2. The minimum atomic E-state index is -0.0591. The SMILES string of the molecule is Cc1cc2c3c(c1)N(c1c(C)cc(-c4cc5ccccc5o4)cc1C)c1oc4ccc(C(C)(C)C)cc4c1B3c1cc(C(C)(C)C)ccc1N2c1ccc(C(C)(C)C)cc1. The van der Waals surface area contributed by atoms with E-state index in [0.29, 0.717) is 0 Å². The van der Waals surface area contributed by atoms with Gasteiger partial charge in [0.05, 0.1) is 5.69 Å². The van der Waals surface area contributed by atoms with Crippen LogP contribution >= 0.6 is 0 Å². The lowest BCUT2D eigenvalue weighted by Gasteiger charge is -2.43. The Kier molecular flexibility index (Phi) is 8.31. The van der Waals surface area contributed by atoms with Gasteiger partial charge < -0.3 is 13.7 Å². The van der Waals surface area contributed by atoms with Gasteiger partial charge in [0.1, 0.15) is 16.9 Å². The molecule has 0 bridgehead atoms. The van der Waals surface area contributed by atoms with Crippen LogP contribution in [0.1, 0.15) is 95.7 Å². The number of hydrogen-bond acceptors (Lipinski definition) is 4. The van der Waals surface area contributed by atoms with E-state index in [4.69, 9.17) is 8.83 Å². The third-order valence-corrected chi connectivity index (χ3v) is 13.0. The maximum atomic E-state index is 7.25. The van der Waals surface area contributed by atoms with Crippen molar-refractivity contribution in [1.82, 2.24) is 0 Å². The van der Waals surface area contributed by atoms with Crippen LogP contribution in [0.15, 0.2) is 124 Å². The molecule has 0 saturated heterocycles. The summed E-state index contributed by atoms with van der Waals surface area (Å²) in [4.78, 5) is 4.97. The highest BCUT2D eigenvalue weighted by atomic mass is 16.4. The van der Waals surface area contributed by atoms with E-state index in [1.54, 1.807) is 0 Å². The van der Waals surface area contributed by atoms with Gasteiger partial charge in [0.15, 0.2) is 0 Å². The molecular weight excluding hydrogens is 731 g/mol. The van der Waals surface area contributed by atoms with Gasteiger partial charge in [-0.15, -0.1) is 0 Å². The number of rotatable bonds is 3. The summed E-state index contributed by atoms with van der Waals surface area (Å²) in [6.45, 7) is 27.4. The van der Waals surface area contributed by atoms with E-state index in [-0.39, 0.29) is 23.0 Å². The normalized spacial score (nSPS) is 13.9. The summed E-state index contributed by atoms with van der Waals surface area (Å²) in [6.07, 6.45) is 0. The second-order valence-electron chi connectivity index (χ2n) is 20.5. The molecule has 0 N–H and O–H groups in total. The number of nitrogens with zero attached hydrogens (tertiary/aromatic N) is 2. The predicted octanol–water partition coefficient (Wildman–Crippen LogP) is 13.7. The van der Waals surface area contributed by atoms with Gasteiger partial charge in [-0.2, -0.15) is 0 Å². The van der Waals surface area contributed by atoms with Crippen LogP contribution in [0.3, 0.4) is 0 Å². The number of anilines is 6. The lowest BCUT2D eigenvalue weighted by atomic mass is 9.33. The van der Waals surface area contributed by atoms with Crippen LogP contribution in [0.4, 0.5) is 34.3 Å².